The number of nitrogens with one attached hydrogen (secondary N) is 1. The Bertz CT molecular complexity index is 1460. The van der Waals surface area contributed by atoms with E-state index in [1.165, 1.54) is 17.7 Å². The van der Waals surface area contributed by atoms with Crippen molar-refractivity contribution in [3.63, 3.8) is 0 Å². The van der Waals surface area contributed by atoms with Gasteiger partial charge < -0.3 is 15.0 Å². The molecule has 1 atom stereocenters. The highest BCUT2D eigenvalue weighted by Gasteiger charge is 2.39. The highest BCUT2D eigenvalue weighted by atomic mass is 19.1. The Hall–Kier alpha value is -4.04. The number of benzene rings is 3. The zero-order chi connectivity index (χ0) is 28.5. The van der Waals surface area contributed by atoms with Crippen molar-refractivity contribution in [2.45, 2.75) is 57.3 Å². The molecule has 1 N–H and O–H groups in total. The van der Waals surface area contributed by atoms with E-state index in [1.807, 2.05) is 12.1 Å². The van der Waals surface area contributed by atoms with Crippen molar-refractivity contribution in [1.82, 2.24) is 15.1 Å². The van der Waals surface area contributed by atoms with E-state index in [1.54, 1.807) is 11.0 Å². The Morgan fingerprint density at radius 2 is 1.63 bits per heavy atom. The summed E-state index contributed by atoms with van der Waals surface area (Å²) in [5.74, 6) is -0.523. The van der Waals surface area contributed by atoms with Gasteiger partial charge in [-0.2, -0.15) is 0 Å². The number of fused-ring (bicyclic) bond motifs is 1. The molecule has 3 aliphatic rings. The van der Waals surface area contributed by atoms with Crippen LogP contribution < -0.4 is 10.1 Å². The van der Waals surface area contributed by atoms with Gasteiger partial charge in [0.05, 0.1) is 6.54 Å². The number of hydrogen-bond donors (Lipinski definition) is 1. The van der Waals surface area contributed by atoms with E-state index in [9.17, 15) is 18.4 Å². The zero-order valence-electron chi connectivity index (χ0n) is 22.9. The molecular formula is C33H33F2N3O3. The van der Waals surface area contributed by atoms with E-state index in [-0.39, 0.29) is 17.7 Å². The molecule has 3 heterocycles. The van der Waals surface area contributed by atoms with Gasteiger partial charge in [-0.05, 0) is 85.6 Å². The molecule has 2 fully saturated rings. The summed E-state index contributed by atoms with van der Waals surface area (Å²) in [5.41, 5.74) is 5.05. The Labute approximate surface area is 238 Å². The van der Waals surface area contributed by atoms with Crippen molar-refractivity contribution in [2.24, 2.45) is 0 Å². The Morgan fingerprint density at radius 1 is 0.927 bits per heavy atom. The van der Waals surface area contributed by atoms with Crippen LogP contribution in [0.4, 0.5) is 8.78 Å². The molecule has 3 aromatic carbocycles. The van der Waals surface area contributed by atoms with Crippen molar-refractivity contribution in [2.75, 3.05) is 13.1 Å². The lowest BCUT2D eigenvalue weighted by Gasteiger charge is -2.32. The van der Waals surface area contributed by atoms with Crippen LogP contribution in [0.15, 0.2) is 72.9 Å². The van der Waals surface area contributed by atoms with Crippen LogP contribution in [0.25, 0.3) is 0 Å². The van der Waals surface area contributed by atoms with E-state index in [2.05, 4.69) is 41.1 Å². The minimum absolute atomic E-state index is 0.144. The average Bonchev–Trinajstić information content (AvgIpc) is 3.29. The molecule has 6 nitrogen and oxygen atoms in total. The molecule has 2 saturated heterocycles. The minimum atomic E-state index is -0.515. The molecule has 0 radical (unpaired) electrons. The number of carbonyl (C=O) groups is 2. The molecule has 8 heteroatoms. The van der Waals surface area contributed by atoms with Gasteiger partial charge in [-0.15, -0.1) is 0 Å². The number of piperidine rings is 2. The summed E-state index contributed by atoms with van der Waals surface area (Å²) in [6.45, 7) is 7.10. The van der Waals surface area contributed by atoms with Crippen LogP contribution in [-0.2, 0) is 24.5 Å². The van der Waals surface area contributed by atoms with Gasteiger partial charge in [-0.3, -0.25) is 14.5 Å². The second-order valence-electron chi connectivity index (χ2n) is 11.2. The van der Waals surface area contributed by atoms with Crippen molar-refractivity contribution >= 4 is 11.8 Å². The van der Waals surface area contributed by atoms with Gasteiger partial charge in [-0.25, -0.2) is 8.78 Å². The molecule has 0 bridgehead atoms. The first-order chi connectivity index (χ1) is 19.8. The molecule has 2 amide bonds. The number of nitrogens with zero attached hydrogens (tertiary/aromatic N) is 2. The fraction of sp³-hybridized carbons (Fsp3) is 0.333. The first kappa shape index (κ1) is 27.1. The van der Waals surface area contributed by atoms with Crippen LogP contribution in [0.3, 0.4) is 0 Å². The molecule has 0 saturated carbocycles. The van der Waals surface area contributed by atoms with Gasteiger partial charge in [0.15, 0.2) is 0 Å². The normalized spacial score (nSPS) is 19.8. The summed E-state index contributed by atoms with van der Waals surface area (Å²) in [7, 11) is 0. The molecule has 41 heavy (non-hydrogen) atoms. The highest BCUT2D eigenvalue weighted by molar-refractivity contribution is 6.02. The second kappa shape index (κ2) is 11.4. The molecular weight excluding hydrogens is 524 g/mol. The summed E-state index contributed by atoms with van der Waals surface area (Å²) in [6, 6.07) is 17.1. The van der Waals surface area contributed by atoms with Gasteiger partial charge in [0.1, 0.15) is 30.0 Å². The van der Waals surface area contributed by atoms with Crippen LogP contribution in [0, 0.1) is 11.6 Å². The number of amides is 2. The number of hydrogen-bond acceptors (Lipinski definition) is 4. The third kappa shape index (κ3) is 5.88. The first-order valence-corrected chi connectivity index (χ1v) is 14.1. The van der Waals surface area contributed by atoms with Gasteiger partial charge in [0.25, 0.3) is 5.91 Å². The third-order valence-electron chi connectivity index (χ3n) is 8.42. The Balaban J connectivity index is 1.03. The van der Waals surface area contributed by atoms with E-state index in [0.29, 0.717) is 43.0 Å². The van der Waals surface area contributed by atoms with Crippen LogP contribution in [0.1, 0.15) is 64.2 Å². The third-order valence-corrected chi connectivity index (χ3v) is 8.42. The monoisotopic (exact) mass is 557 g/mol. The van der Waals surface area contributed by atoms with E-state index >= 15 is 0 Å². The quantitative estimate of drug-likeness (QED) is 0.407. The minimum Gasteiger partial charge on any atom is -0.489 e. The van der Waals surface area contributed by atoms with Crippen molar-refractivity contribution in [3.05, 3.63) is 112 Å². The molecule has 3 aromatic rings. The smallest absolute Gasteiger partial charge is 0.255 e. The first-order valence-electron chi connectivity index (χ1n) is 14.1. The Morgan fingerprint density at radius 3 is 2.34 bits per heavy atom. The molecule has 0 spiro atoms. The number of halogens is 2. The average molecular weight is 558 g/mol. The maximum Gasteiger partial charge on any atom is 0.255 e. The fourth-order valence-corrected chi connectivity index (χ4v) is 6.17. The zero-order valence-corrected chi connectivity index (χ0v) is 22.9. The predicted molar refractivity (Wildman–Crippen MR) is 151 cm³/mol. The lowest BCUT2D eigenvalue weighted by atomic mass is 9.89. The number of likely N-dealkylation sites (tertiary alicyclic amines) is 1. The number of rotatable bonds is 7. The predicted octanol–water partition coefficient (Wildman–Crippen LogP) is 5.67. The summed E-state index contributed by atoms with van der Waals surface area (Å²) < 4.78 is 33.4. The topological polar surface area (TPSA) is 61.9 Å². The summed E-state index contributed by atoms with van der Waals surface area (Å²) >= 11 is 0. The van der Waals surface area contributed by atoms with E-state index in [0.717, 1.165) is 55.2 Å². The van der Waals surface area contributed by atoms with Gasteiger partial charge >= 0.3 is 0 Å². The number of allylic oxidation sites excluding steroid dienone is 1. The van der Waals surface area contributed by atoms with E-state index in [4.69, 9.17) is 4.74 Å². The molecule has 3 aliphatic heterocycles. The number of carbonyl (C=O) groups excluding carboxylic acids is 2. The van der Waals surface area contributed by atoms with Gasteiger partial charge in [0, 0.05) is 29.4 Å². The summed E-state index contributed by atoms with van der Waals surface area (Å²) in [6.07, 6.45) is 2.97. The molecule has 212 valence electrons. The largest absolute Gasteiger partial charge is 0.489 e. The van der Waals surface area contributed by atoms with Crippen LogP contribution in [0.2, 0.25) is 0 Å². The van der Waals surface area contributed by atoms with Crippen LogP contribution in [0.5, 0.6) is 5.75 Å². The summed E-state index contributed by atoms with van der Waals surface area (Å²) in [5, 5.41) is 2.77. The molecule has 6 rings (SSSR count). The Kier molecular flexibility index (Phi) is 7.58. The van der Waals surface area contributed by atoms with Crippen LogP contribution in [-0.4, -0.2) is 40.7 Å². The van der Waals surface area contributed by atoms with Gasteiger partial charge in [0.2, 0.25) is 5.91 Å². The van der Waals surface area contributed by atoms with Crippen molar-refractivity contribution in [3.8, 4) is 5.75 Å². The highest BCUT2D eigenvalue weighted by Crippen LogP contribution is 2.34. The standard InChI is InChI=1S/C33H33F2N3O3/c1-21-5-10-30(32(39)36-21)38-19-29-28(33(38)40)3-2-4-31(29)41-20-23-8-6-22(7-9-23)18-37-13-11-24(12-14-37)25-15-26(34)17-27(35)16-25/h2-4,6-9,15-17,24,30H,1,5,10-14,18-20H2,(H,36,39). The fourth-order valence-electron chi connectivity index (χ4n) is 6.17. The molecule has 0 aromatic heterocycles. The van der Waals surface area contributed by atoms with Crippen molar-refractivity contribution in [1.29, 1.82) is 0 Å². The molecule has 0 aliphatic carbocycles. The van der Waals surface area contributed by atoms with Crippen molar-refractivity contribution < 1.29 is 23.1 Å². The maximum atomic E-state index is 13.6. The summed E-state index contributed by atoms with van der Waals surface area (Å²) in [4.78, 5) is 29.6. The maximum absolute atomic E-state index is 13.6. The lowest BCUT2D eigenvalue weighted by Crippen LogP contribution is -2.49. The lowest BCUT2D eigenvalue weighted by molar-refractivity contribution is -0.126. The van der Waals surface area contributed by atoms with Gasteiger partial charge in [-0.1, -0.05) is 36.9 Å². The SMILES string of the molecule is C=C1CCC(N2Cc3c(OCc4ccc(CN5CCC(c6cc(F)cc(F)c6)CC5)cc4)cccc3C2=O)C(=O)N1. The number of ether oxygens (including phenoxy) is 1. The van der Waals surface area contributed by atoms with E-state index < -0.39 is 17.7 Å². The second-order valence-corrected chi connectivity index (χ2v) is 11.2. The molecule has 1 unspecified atom stereocenters. The van der Waals surface area contributed by atoms with Crippen LogP contribution >= 0.6 is 0 Å².